The van der Waals surface area contributed by atoms with Crippen molar-refractivity contribution in [2.24, 2.45) is 0 Å². The Kier molecular flexibility index (Phi) is 10.2. The van der Waals surface area contributed by atoms with Crippen LogP contribution < -0.4 is 10.1 Å². The number of rotatable bonds is 6. The second kappa shape index (κ2) is 13.7. The van der Waals surface area contributed by atoms with E-state index in [1.165, 1.54) is 7.11 Å². The van der Waals surface area contributed by atoms with Crippen LogP contribution in [0.2, 0.25) is 0 Å². The number of hydrogen-bond donors (Lipinski definition) is 1. The van der Waals surface area contributed by atoms with Gasteiger partial charge in [0.05, 0.1) is 19.2 Å². The van der Waals surface area contributed by atoms with Crippen molar-refractivity contribution in [3.05, 3.63) is 89.9 Å². The summed E-state index contributed by atoms with van der Waals surface area (Å²) in [4.78, 5) is 28.4. The standard InChI is InChI=1S/C26H22N4O4.2C2H6/c1-33-26(32)20-4-2-17(3-5-20)16-34-21-8-6-18(7-9-21)22-23(19-10-12-27-13-11-19)29-30-15-14-28-25(31)24(22)30;2*1-2/h2-13H,14-16H2,1H3,(H,28,31);2*1-2H3. The van der Waals surface area contributed by atoms with Crippen LogP contribution in [-0.2, 0) is 17.9 Å². The number of methoxy groups -OCH3 is 1. The van der Waals surface area contributed by atoms with Crippen molar-refractivity contribution >= 4 is 11.9 Å². The molecule has 0 aliphatic carbocycles. The Hall–Kier alpha value is -4.46. The molecule has 2 aromatic heterocycles. The molecular formula is C30H34N4O4. The molecule has 0 saturated carbocycles. The van der Waals surface area contributed by atoms with Crippen LogP contribution >= 0.6 is 0 Å². The first kappa shape index (κ1) is 28.1. The summed E-state index contributed by atoms with van der Waals surface area (Å²) in [6, 6.07) is 18.5. The average molecular weight is 515 g/mol. The third-order valence-electron chi connectivity index (χ3n) is 5.65. The van der Waals surface area contributed by atoms with Gasteiger partial charge in [-0.15, -0.1) is 0 Å². The van der Waals surface area contributed by atoms with Gasteiger partial charge in [-0.3, -0.25) is 14.5 Å². The highest BCUT2D eigenvalue weighted by Gasteiger charge is 2.27. The van der Waals surface area contributed by atoms with Gasteiger partial charge >= 0.3 is 5.97 Å². The average Bonchev–Trinajstić information content (AvgIpc) is 3.40. The number of amides is 1. The fourth-order valence-corrected chi connectivity index (χ4v) is 3.94. The van der Waals surface area contributed by atoms with Crippen LogP contribution in [-0.4, -0.2) is 40.3 Å². The topological polar surface area (TPSA) is 95.3 Å². The van der Waals surface area contributed by atoms with Crippen LogP contribution in [0.1, 0.15) is 54.1 Å². The second-order valence-corrected chi connectivity index (χ2v) is 7.79. The van der Waals surface area contributed by atoms with Gasteiger partial charge in [-0.1, -0.05) is 52.0 Å². The molecule has 0 atom stereocenters. The van der Waals surface area contributed by atoms with Gasteiger partial charge in [0.2, 0.25) is 0 Å². The summed E-state index contributed by atoms with van der Waals surface area (Å²) in [6.45, 7) is 9.53. The van der Waals surface area contributed by atoms with Crippen LogP contribution in [0.4, 0.5) is 0 Å². The molecule has 1 aliphatic rings. The first-order chi connectivity index (χ1) is 18.6. The number of benzene rings is 2. The van der Waals surface area contributed by atoms with E-state index in [0.717, 1.165) is 27.9 Å². The predicted octanol–water partition coefficient (Wildman–Crippen LogP) is 5.77. The van der Waals surface area contributed by atoms with Crippen molar-refractivity contribution in [2.75, 3.05) is 13.7 Å². The van der Waals surface area contributed by atoms with Gasteiger partial charge in [0.1, 0.15) is 23.7 Å². The maximum Gasteiger partial charge on any atom is 0.337 e. The highest BCUT2D eigenvalue weighted by molar-refractivity contribution is 6.03. The summed E-state index contributed by atoms with van der Waals surface area (Å²) in [6.07, 6.45) is 3.43. The molecule has 3 heterocycles. The predicted molar refractivity (Wildman–Crippen MR) is 148 cm³/mol. The van der Waals surface area contributed by atoms with Crippen LogP contribution in [0.5, 0.6) is 5.75 Å². The Bertz CT molecular complexity index is 1330. The highest BCUT2D eigenvalue weighted by Crippen LogP contribution is 2.36. The van der Waals surface area contributed by atoms with Gasteiger partial charge in [0.15, 0.2) is 0 Å². The molecule has 198 valence electrons. The Balaban J connectivity index is 0.000000956. The maximum atomic E-state index is 12.7. The third kappa shape index (κ3) is 6.26. The zero-order valence-electron chi connectivity index (χ0n) is 22.5. The molecule has 8 nitrogen and oxygen atoms in total. The number of nitrogens with one attached hydrogen (secondary N) is 1. The number of hydrogen-bond acceptors (Lipinski definition) is 6. The molecule has 1 N–H and O–H groups in total. The van der Waals surface area contributed by atoms with Crippen LogP contribution in [0.3, 0.4) is 0 Å². The van der Waals surface area contributed by atoms with E-state index in [1.807, 2.05) is 76.2 Å². The monoisotopic (exact) mass is 514 g/mol. The van der Waals surface area contributed by atoms with E-state index in [2.05, 4.69) is 10.3 Å². The second-order valence-electron chi connectivity index (χ2n) is 7.79. The first-order valence-corrected chi connectivity index (χ1v) is 12.8. The van der Waals surface area contributed by atoms with Crippen molar-refractivity contribution in [1.29, 1.82) is 0 Å². The van der Waals surface area contributed by atoms with Crippen LogP contribution in [0, 0.1) is 0 Å². The number of carbonyl (C=O) groups is 2. The van der Waals surface area contributed by atoms with E-state index in [1.54, 1.807) is 29.2 Å². The van der Waals surface area contributed by atoms with Crippen molar-refractivity contribution in [2.45, 2.75) is 40.8 Å². The van der Waals surface area contributed by atoms with Crippen LogP contribution in [0.15, 0.2) is 73.1 Å². The molecule has 4 aromatic rings. The van der Waals surface area contributed by atoms with E-state index < -0.39 is 0 Å². The molecule has 2 aromatic carbocycles. The zero-order valence-corrected chi connectivity index (χ0v) is 22.5. The number of fused-ring (bicyclic) bond motifs is 1. The Morgan fingerprint density at radius 2 is 1.58 bits per heavy atom. The minimum absolute atomic E-state index is 0.134. The molecule has 5 rings (SSSR count). The summed E-state index contributed by atoms with van der Waals surface area (Å²) in [5, 5.41) is 7.65. The molecule has 0 radical (unpaired) electrons. The summed E-state index contributed by atoms with van der Waals surface area (Å²) in [5.41, 5.74) is 5.28. The molecule has 8 heteroatoms. The summed E-state index contributed by atoms with van der Waals surface area (Å²) in [5.74, 6) is 0.187. The molecule has 0 bridgehead atoms. The van der Waals surface area contributed by atoms with E-state index in [0.29, 0.717) is 36.7 Å². The molecule has 0 fully saturated rings. The number of esters is 1. The van der Waals surface area contributed by atoms with Crippen molar-refractivity contribution < 1.29 is 19.1 Å². The van der Waals surface area contributed by atoms with Gasteiger partial charge < -0.3 is 14.8 Å². The highest BCUT2D eigenvalue weighted by atomic mass is 16.5. The quantitative estimate of drug-likeness (QED) is 0.328. The Morgan fingerprint density at radius 1 is 0.921 bits per heavy atom. The smallest absolute Gasteiger partial charge is 0.337 e. The normalized spacial score (nSPS) is 11.6. The molecule has 1 aliphatic heterocycles. The van der Waals surface area contributed by atoms with Gasteiger partial charge in [0, 0.05) is 30.1 Å². The number of carbonyl (C=O) groups excluding carboxylic acids is 2. The molecule has 0 unspecified atom stereocenters. The molecule has 0 saturated heterocycles. The van der Waals surface area contributed by atoms with Crippen molar-refractivity contribution in [3.63, 3.8) is 0 Å². The summed E-state index contributed by atoms with van der Waals surface area (Å²) < 4.78 is 12.4. The molecular weight excluding hydrogens is 480 g/mol. The van der Waals surface area contributed by atoms with Crippen molar-refractivity contribution in [3.8, 4) is 28.1 Å². The zero-order chi connectivity index (χ0) is 27.5. The van der Waals surface area contributed by atoms with E-state index in [-0.39, 0.29) is 11.9 Å². The molecule has 0 spiro atoms. The minimum Gasteiger partial charge on any atom is -0.489 e. The molecule has 38 heavy (non-hydrogen) atoms. The van der Waals surface area contributed by atoms with Gasteiger partial charge in [-0.05, 0) is 47.5 Å². The lowest BCUT2D eigenvalue weighted by Gasteiger charge is -2.15. The maximum absolute atomic E-state index is 12.7. The number of ether oxygens (including phenoxy) is 2. The molecule has 1 amide bonds. The lowest BCUT2D eigenvalue weighted by Crippen LogP contribution is -2.35. The minimum atomic E-state index is -0.370. The van der Waals surface area contributed by atoms with E-state index in [4.69, 9.17) is 14.6 Å². The van der Waals surface area contributed by atoms with Gasteiger partial charge in [-0.25, -0.2) is 4.79 Å². The largest absolute Gasteiger partial charge is 0.489 e. The number of pyridine rings is 1. The lowest BCUT2D eigenvalue weighted by molar-refractivity contribution is 0.0600. The van der Waals surface area contributed by atoms with Crippen LogP contribution in [0.25, 0.3) is 22.4 Å². The first-order valence-electron chi connectivity index (χ1n) is 12.8. The fourth-order valence-electron chi connectivity index (χ4n) is 3.94. The summed E-state index contributed by atoms with van der Waals surface area (Å²) >= 11 is 0. The SMILES string of the molecule is CC.CC.COC(=O)c1ccc(COc2ccc(-c3c(-c4ccncc4)nn4c3C(=O)NCC4)cc2)cc1. The fraction of sp³-hybridized carbons (Fsp3) is 0.267. The van der Waals surface area contributed by atoms with Gasteiger partial charge in [0.25, 0.3) is 5.91 Å². The third-order valence-corrected chi connectivity index (χ3v) is 5.65. The van der Waals surface area contributed by atoms with E-state index in [9.17, 15) is 9.59 Å². The van der Waals surface area contributed by atoms with Gasteiger partial charge in [-0.2, -0.15) is 5.10 Å². The van der Waals surface area contributed by atoms with E-state index >= 15 is 0 Å². The number of aromatic nitrogens is 3. The Morgan fingerprint density at radius 3 is 2.21 bits per heavy atom. The lowest BCUT2D eigenvalue weighted by atomic mass is 9.98. The number of nitrogens with zero attached hydrogens (tertiary/aromatic N) is 3. The summed E-state index contributed by atoms with van der Waals surface area (Å²) in [7, 11) is 1.36. The van der Waals surface area contributed by atoms with Crippen molar-refractivity contribution in [1.82, 2.24) is 20.1 Å². The Labute approximate surface area is 223 Å².